The highest BCUT2D eigenvalue weighted by atomic mass is 16.5. The smallest absolute Gasteiger partial charge is 0.128 e. The van der Waals surface area contributed by atoms with Gasteiger partial charge < -0.3 is 10.1 Å². The molecule has 0 aromatic carbocycles. The molecule has 1 N–H and O–H groups in total. The lowest BCUT2D eigenvalue weighted by Crippen LogP contribution is -2.29. The second-order valence-electron chi connectivity index (χ2n) is 5.26. The van der Waals surface area contributed by atoms with Gasteiger partial charge in [0.25, 0.3) is 0 Å². The molecular formula is C14H26N4O. The molecule has 0 atom stereocenters. The summed E-state index contributed by atoms with van der Waals surface area (Å²) in [5, 5.41) is 7.97. The standard InChI is InChI=1S/C14H26N4O/c1-5-15-14-13(11(2)16-17(14)3)10-18(8-9-19-4)12-6-7-12/h12,15H,5-10H2,1-4H3. The maximum absolute atomic E-state index is 5.22. The molecule has 1 fully saturated rings. The third-order valence-corrected chi connectivity index (χ3v) is 3.70. The molecule has 1 aliphatic rings. The molecule has 0 unspecified atom stereocenters. The van der Waals surface area contributed by atoms with Gasteiger partial charge in [0.1, 0.15) is 5.82 Å². The van der Waals surface area contributed by atoms with E-state index in [1.807, 2.05) is 11.7 Å². The molecule has 0 aliphatic heterocycles. The molecule has 0 amide bonds. The van der Waals surface area contributed by atoms with Crippen LogP contribution in [0.1, 0.15) is 31.0 Å². The van der Waals surface area contributed by atoms with Crippen LogP contribution in [0.4, 0.5) is 5.82 Å². The van der Waals surface area contributed by atoms with E-state index in [1.54, 1.807) is 7.11 Å². The summed E-state index contributed by atoms with van der Waals surface area (Å²) < 4.78 is 7.18. The number of rotatable bonds is 8. The summed E-state index contributed by atoms with van der Waals surface area (Å²) in [7, 11) is 3.77. The lowest BCUT2D eigenvalue weighted by Gasteiger charge is -2.22. The molecular weight excluding hydrogens is 240 g/mol. The number of methoxy groups -OCH3 is 1. The first-order valence-corrected chi connectivity index (χ1v) is 7.16. The molecule has 1 aliphatic carbocycles. The van der Waals surface area contributed by atoms with Crippen molar-refractivity contribution in [3.05, 3.63) is 11.3 Å². The average molecular weight is 266 g/mol. The maximum atomic E-state index is 5.22. The van der Waals surface area contributed by atoms with Gasteiger partial charge in [0.05, 0.1) is 12.3 Å². The first-order valence-electron chi connectivity index (χ1n) is 7.16. The fourth-order valence-electron chi connectivity index (χ4n) is 2.52. The van der Waals surface area contributed by atoms with Gasteiger partial charge in [0, 0.05) is 45.4 Å². The summed E-state index contributed by atoms with van der Waals surface area (Å²) >= 11 is 0. The van der Waals surface area contributed by atoms with Gasteiger partial charge in [-0.2, -0.15) is 5.10 Å². The Kier molecular flexibility index (Phi) is 4.82. The molecule has 0 saturated heterocycles. The topological polar surface area (TPSA) is 42.3 Å². The minimum Gasteiger partial charge on any atom is -0.383 e. The van der Waals surface area contributed by atoms with Crippen LogP contribution in [0.15, 0.2) is 0 Å². The molecule has 108 valence electrons. The van der Waals surface area contributed by atoms with E-state index < -0.39 is 0 Å². The van der Waals surface area contributed by atoms with Crippen molar-refractivity contribution in [2.45, 2.75) is 39.3 Å². The van der Waals surface area contributed by atoms with Gasteiger partial charge in [0.2, 0.25) is 0 Å². The molecule has 1 aromatic heterocycles. The van der Waals surface area contributed by atoms with Crippen molar-refractivity contribution in [3.8, 4) is 0 Å². The van der Waals surface area contributed by atoms with Crippen molar-refractivity contribution in [3.63, 3.8) is 0 Å². The van der Waals surface area contributed by atoms with Crippen LogP contribution in [0.5, 0.6) is 0 Å². The van der Waals surface area contributed by atoms with Crippen LogP contribution < -0.4 is 5.32 Å². The number of aryl methyl sites for hydroxylation is 2. The Morgan fingerprint density at radius 1 is 1.47 bits per heavy atom. The normalized spacial score (nSPS) is 15.2. The Labute approximate surface area is 115 Å². The summed E-state index contributed by atoms with van der Waals surface area (Å²) in [5.41, 5.74) is 2.45. The molecule has 0 bridgehead atoms. The zero-order valence-corrected chi connectivity index (χ0v) is 12.6. The van der Waals surface area contributed by atoms with Crippen molar-refractivity contribution in [2.24, 2.45) is 7.05 Å². The maximum Gasteiger partial charge on any atom is 0.128 e. The monoisotopic (exact) mass is 266 g/mol. The van der Waals surface area contributed by atoms with E-state index in [0.717, 1.165) is 43.8 Å². The minimum absolute atomic E-state index is 0.740. The Morgan fingerprint density at radius 3 is 2.79 bits per heavy atom. The highest BCUT2D eigenvalue weighted by Gasteiger charge is 2.30. The lowest BCUT2D eigenvalue weighted by atomic mass is 10.2. The van der Waals surface area contributed by atoms with Crippen LogP contribution in [0.3, 0.4) is 0 Å². The predicted molar refractivity (Wildman–Crippen MR) is 77.4 cm³/mol. The first kappa shape index (κ1) is 14.3. The van der Waals surface area contributed by atoms with E-state index in [0.29, 0.717) is 0 Å². The van der Waals surface area contributed by atoms with E-state index in [2.05, 4.69) is 29.2 Å². The van der Waals surface area contributed by atoms with E-state index >= 15 is 0 Å². The van der Waals surface area contributed by atoms with Gasteiger partial charge in [-0.3, -0.25) is 9.58 Å². The molecule has 1 heterocycles. The van der Waals surface area contributed by atoms with Gasteiger partial charge in [-0.1, -0.05) is 0 Å². The fourth-order valence-corrected chi connectivity index (χ4v) is 2.52. The summed E-state index contributed by atoms with van der Waals surface area (Å²) in [5.74, 6) is 1.16. The van der Waals surface area contributed by atoms with Crippen LogP contribution in [-0.4, -0.2) is 47.5 Å². The molecule has 1 saturated carbocycles. The number of nitrogens with zero attached hydrogens (tertiary/aromatic N) is 3. The quantitative estimate of drug-likeness (QED) is 0.779. The average Bonchev–Trinajstić information content (AvgIpc) is 3.17. The molecule has 5 nitrogen and oxygen atoms in total. The van der Waals surface area contributed by atoms with Crippen molar-refractivity contribution in [1.82, 2.24) is 14.7 Å². The lowest BCUT2D eigenvalue weighted by molar-refractivity contribution is 0.139. The summed E-state index contributed by atoms with van der Waals surface area (Å²) in [6, 6.07) is 0.740. The van der Waals surface area contributed by atoms with Crippen molar-refractivity contribution < 1.29 is 4.74 Å². The Hall–Kier alpha value is -1.07. The SMILES string of the molecule is CCNc1c(CN(CCOC)C2CC2)c(C)nn1C. The van der Waals surface area contributed by atoms with Crippen LogP contribution >= 0.6 is 0 Å². The minimum atomic E-state index is 0.740. The van der Waals surface area contributed by atoms with Crippen LogP contribution in [0.25, 0.3) is 0 Å². The molecule has 0 radical (unpaired) electrons. The molecule has 2 rings (SSSR count). The zero-order chi connectivity index (χ0) is 13.8. The number of hydrogen-bond acceptors (Lipinski definition) is 4. The zero-order valence-electron chi connectivity index (χ0n) is 12.6. The summed E-state index contributed by atoms with van der Waals surface area (Å²) in [6.07, 6.45) is 2.64. The number of hydrogen-bond donors (Lipinski definition) is 1. The third-order valence-electron chi connectivity index (χ3n) is 3.70. The molecule has 1 aromatic rings. The highest BCUT2D eigenvalue weighted by molar-refractivity contribution is 5.47. The van der Waals surface area contributed by atoms with E-state index in [1.165, 1.54) is 18.4 Å². The van der Waals surface area contributed by atoms with Crippen LogP contribution in [0.2, 0.25) is 0 Å². The number of anilines is 1. The van der Waals surface area contributed by atoms with Crippen molar-refractivity contribution in [2.75, 3.05) is 32.1 Å². The Bertz CT molecular complexity index is 412. The van der Waals surface area contributed by atoms with E-state index in [-0.39, 0.29) is 0 Å². The second kappa shape index (κ2) is 6.39. The molecule has 5 heteroatoms. The predicted octanol–water partition coefficient (Wildman–Crippen LogP) is 1.77. The van der Waals surface area contributed by atoms with Gasteiger partial charge in [-0.15, -0.1) is 0 Å². The fraction of sp³-hybridized carbons (Fsp3) is 0.786. The largest absolute Gasteiger partial charge is 0.383 e. The van der Waals surface area contributed by atoms with Crippen LogP contribution in [0, 0.1) is 6.92 Å². The summed E-state index contributed by atoms with van der Waals surface area (Å²) in [6.45, 7) is 7.91. The van der Waals surface area contributed by atoms with E-state index in [4.69, 9.17) is 4.74 Å². The Balaban J connectivity index is 2.11. The number of nitrogens with one attached hydrogen (secondary N) is 1. The van der Waals surface area contributed by atoms with Gasteiger partial charge in [-0.25, -0.2) is 0 Å². The number of ether oxygens (including phenoxy) is 1. The van der Waals surface area contributed by atoms with Crippen molar-refractivity contribution in [1.29, 1.82) is 0 Å². The van der Waals surface area contributed by atoms with Gasteiger partial charge in [0.15, 0.2) is 0 Å². The number of aromatic nitrogens is 2. The van der Waals surface area contributed by atoms with Gasteiger partial charge in [-0.05, 0) is 26.7 Å². The summed E-state index contributed by atoms with van der Waals surface area (Å²) in [4.78, 5) is 2.52. The second-order valence-corrected chi connectivity index (χ2v) is 5.26. The third kappa shape index (κ3) is 3.48. The first-order chi connectivity index (χ1) is 9.17. The van der Waals surface area contributed by atoms with Crippen molar-refractivity contribution >= 4 is 5.82 Å². The molecule has 19 heavy (non-hydrogen) atoms. The van der Waals surface area contributed by atoms with E-state index in [9.17, 15) is 0 Å². The van der Waals surface area contributed by atoms with Crippen LogP contribution in [-0.2, 0) is 18.3 Å². The van der Waals surface area contributed by atoms with Gasteiger partial charge >= 0.3 is 0 Å². The molecule has 0 spiro atoms. The Morgan fingerprint density at radius 2 is 2.21 bits per heavy atom. The highest BCUT2D eigenvalue weighted by Crippen LogP contribution is 2.30.